The average molecular weight is 300 g/mol. The van der Waals surface area contributed by atoms with Crippen molar-refractivity contribution in [2.75, 3.05) is 33.3 Å². The monoisotopic (exact) mass is 300 g/mol. The number of ether oxygens (including phenoxy) is 1. The molecule has 1 aromatic carbocycles. The highest BCUT2D eigenvalue weighted by Gasteiger charge is 2.56. The van der Waals surface area contributed by atoms with Crippen molar-refractivity contribution in [2.45, 2.75) is 37.1 Å². The number of hydrogen-bond donors (Lipinski definition) is 0. The zero-order valence-electron chi connectivity index (χ0n) is 13.3. The Balaban J connectivity index is 1.47. The van der Waals surface area contributed by atoms with Crippen LogP contribution < -0.4 is 4.74 Å². The molecule has 1 aromatic rings. The predicted molar refractivity (Wildman–Crippen MR) is 85.1 cm³/mol. The number of benzene rings is 1. The molecule has 118 valence electrons. The van der Waals surface area contributed by atoms with Gasteiger partial charge in [0.15, 0.2) is 0 Å². The average Bonchev–Trinajstić information content (AvgIpc) is 3.15. The fourth-order valence-electron chi connectivity index (χ4n) is 4.02. The number of amides is 1. The minimum absolute atomic E-state index is 0.303. The van der Waals surface area contributed by atoms with Crippen molar-refractivity contribution in [3.63, 3.8) is 0 Å². The molecule has 0 N–H and O–H groups in total. The second-order valence-electron chi connectivity index (χ2n) is 6.89. The van der Waals surface area contributed by atoms with E-state index in [0.29, 0.717) is 11.9 Å². The quantitative estimate of drug-likeness (QED) is 0.853. The number of carbonyl (C=O) groups excluding carboxylic acids is 1. The van der Waals surface area contributed by atoms with Crippen LogP contribution in [0.15, 0.2) is 24.3 Å². The Morgan fingerprint density at radius 3 is 2.50 bits per heavy atom. The van der Waals surface area contributed by atoms with Crippen LogP contribution in [0, 0.1) is 0 Å². The summed E-state index contributed by atoms with van der Waals surface area (Å²) in [5, 5.41) is 0. The van der Waals surface area contributed by atoms with E-state index >= 15 is 0 Å². The van der Waals surface area contributed by atoms with E-state index in [9.17, 15) is 4.79 Å². The molecule has 4 heteroatoms. The first kappa shape index (κ1) is 14.1. The van der Waals surface area contributed by atoms with E-state index in [0.717, 1.165) is 37.2 Å². The molecule has 3 aliphatic rings. The van der Waals surface area contributed by atoms with E-state index in [2.05, 4.69) is 15.9 Å². The summed E-state index contributed by atoms with van der Waals surface area (Å²) in [6.07, 6.45) is 4.54. The van der Waals surface area contributed by atoms with Gasteiger partial charge in [-0.25, -0.2) is 0 Å². The third-order valence-corrected chi connectivity index (χ3v) is 5.59. The van der Waals surface area contributed by atoms with Crippen molar-refractivity contribution >= 4 is 5.91 Å². The number of carbonyl (C=O) groups is 1. The van der Waals surface area contributed by atoms with Crippen LogP contribution in [0.25, 0.3) is 0 Å². The molecule has 0 radical (unpaired) electrons. The lowest BCUT2D eigenvalue weighted by Crippen LogP contribution is -2.62. The molecule has 2 saturated heterocycles. The topological polar surface area (TPSA) is 32.8 Å². The summed E-state index contributed by atoms with van der Waals surface area (Å²) < 4.78 is 5.48. The van der Waals surface area contributed by atoms with Crippen LogP contribution in [-0.4, -0.2) is 55.0 Å². The number of likely N-dealkylation sites (tertiary alicyclic amines) is 2. The molecule has 22 heavy (non-hydrogen) atoms. The summed E-state index contributed by atoms with van der Waals surface area (Å²) in [6.45, 7) is 4.25. The molecule has 1 saturated carbocycles. The van der Waals surface area contributed by atoms with Crippen LogP contribution in [0.2, 0.25) is 0 Å². The number of para-hydroxylation sites is 1. The molecule has 3 fully saturated rings. The van der Waals surface area contributed by atoms with Crippen molar-refractivity contribution in [2.24, 2.45) is 0 Å². The Morgan fingerprint density at radius 2 is 1.86 bits per heavy atom. The van der Waals surface area contributed by atoms with Crippen LogP contribution in [0.1, 0.15) is 31.2 Å². The van der Waals surface area contributed by atoms with Gasteiger partial charge in [-0.3, -0.25) is 9.69 Å². The first-order valence-corrected chi connectivity index (χ1v) is 8.41. The Kier molecular flexibility index (Phi) is 3.37. The highest BCUT2D eigenvalue weighted by atomic mass is 16.5. The van der Waals surface area contributed by atoms with E-state index in [-0.39, 0.29) is 5.41 Å². The molecular formula is C18H24N2O2. The maximum Gasteiger partial charge on any atom is 0.233 e. The maximum atomic E-state index is 13.0. The molecule has 4 nitrogen and oxygen atoms in total. The minimum Gasteiger partial charge on any atom is -0.496 e. The summed E-state index contributed by atoms with van der Waals surface area (Å²) in [7, 11) is 1.69. The zero-order valence-corrected chi connectivity index (χ0v) is 13.3. The Labute approximate surface area is 132 Å². The van der Waals surface area contributed by atoms with Crippen LogP contribution in [0.3, 0.4) is 0 Å². The van der Waals surface area contributed by atoms with Crippen LogP contribution in [-0.2, 0) is 10.2 Å². The number of nitrogens with zero attached hydrogens (tertiary/aromatic N) is 2. The zero-order chi connectivity index (χ0) is 15.2. The second-order valence-corrected chi connectivity index (χ2v) is 6.89. The summed E-state index contributed by atoms with van der Waals surface area (Å²) in [5.41, 5.74) is 0.773. The summed E-state index contributed by atoms with van der Waals surface area (Å²) >= 11 is 0. The standard InChI is InChI=1S/C18H24N2O2/c1-22-16-7-3-2-6-15(16)18(8-9-18)17(21)20-12-14(13-20)19-10-4-5-11-19/h2-3,6-7,14H,4-5,8-13H2,1H3. The fourth-order valence-corrected chi connectivity index (χ4v) is 4.02. The second kappa shape index (κ2) is 5.27. The molecule has 1 aliphatic carbocycles. The maximum absolute atomic E-state index is 13.0. The lowest BCUT2D eigenvalue weighted by atomic mass is 9.91. The molecule has 0 spiro atoms. The predicted octanol–water partition coefficient (Wildman–Crippen LogP) is 2.03. The van der Waals surface area contributed by atoms with Gasteiger partial charge in [0.25, 0.3) is 0 Å². The van der Waals surface area contributed by atoms with Gasteiger partial charge >= 0.3 is 0 Å². The third kappa shape index (κ3) is 2.12. The molecule has 0 bridgehead atoms. The van der Waals surface area contributed by atoms with E-state index in [1.807, 2.05) is 18.2 Å². The fraction of sp³-hybridized carbons (Fsp3) is 0.611. The highest BCUT2D eigenvalue weighted by Crippen LogP contribution is 2.53. The van der Waals surface area contributed by atoms with Crippen molar-refractivity contribution in [1.29, 1.82) is 0 Å². The van der Waals surface area contributed by atoms with E-state index in [1.165, 1.54) is 25.9 Å². The highest BCUT2D eigenvalue weighted by molar-refractivity contribution is 5.92. The molecule has 4 rings (SSSR count). The molecule has 1 amide bonds. The first-order valence-electron chi connectivity index (χ1n) is 8.41. The Hall–Kier alpha value is -1.55. The summed E-state index contributed by atoms with van der Waals surface area (Å²) in [4.78, 5) is 17.6. The molecule has 0 aromatic heterocycles. The third-order valence-electron chi connectivity index (χ3n) is 5.59. The van der Waals surface area contributed by atoms with E-state index < -0.39 is 0 Å². The van der Waals surface area contributed by atoms with Gasteiger partial charge in [-0.2, -0.15) is 0 Å². The molecular weight excluding hydrogens is 276 g/mol. The number of hydrogen-bond acceptors (Lipinski definition) is 3. The molecule has 2 aliphatic heterocycles. The van der Waals surface area contributed by atoms with Gasteiger partial charge in [0.05, 0.1) is 12.5 Å². The lowest BCUT2D eigenvalue weighted by Gasteiger charge is -2.45. The van der Waals surface area contributed by atoms with E-state index in [1.54, 1.807) is 7.11 Å². The van der Waals surface area contributed by atoms with Gasteiger partial charge in [0.2, 0.25) is 5.91 Å². The van der Waals surface area contributed by atoms with Crippen molar-refractivity contribution < 1.29 is 9.53 Å². The molecule has 0 unspecified atom stereocenters. The van der Waals surface area contributed by atoms with Gasteiger partial charge < -0.3 is 9.64 Å². The Bertz CT molecular complexity index is 570. The molecule has 2 heterocycles. The summed E-state index contributed by atoms with van der Waals surface area (Å²) in [6, 6.07) is 8.59. The van der Waals surface area contributed by atoms with Gasteiger partial charge in [0, 0.05) is 24.7 Å². The van der Waals surface area contributed by atoms with E-state index in [4.69, 9.17) is 4.74 Å². The van der Waals surface area contributed by atoms with Gasteiger partial charge in [-0.05, 0) is 44.8 Å². The first-order chi connectivity index (χ1) is 10.7. The number of rotatable bonds is 4. The number of methoxy groups -OCH3 is 1. The van der Waals surface area contributed by atoms with Gasteiger partial charge in [0.1, 0.15) is 5.75 Å². The van der Waals surface area contributed by atoms with Crippen LogP contribution >= 0.6 is 0 Å². The van der Waals surface area contributed by atoms with Gasteiger partial charge in [-0.1, -0.05) is 18.2 Å². The van der Waals surface area contributed by atoms with Crippen molar-refractivity contribution in [3.8, 4) is 5.75 Å². The molecule has 0 atom stereocenters. The largest absolute Gasteiger partial charge is 0.496 e. The SMILES string of the molecule is COc1ccccc1C1(C(=O)N2CC(N3CCCC3)C2)CC1. The lowest BCUT2D eigenvalue weighted by molar-refractivity contribution is -0.141. The van der Waals surface area contributed by atoms with Gasteiger partial charge in [-0.15, -0.1) is 0 Å². The van der Waals surface area contributed by atoms with Crippen LogP contribution in [0.4, 0.5) is 0 Å². The van der Waals surface area contributed by atoms with Crippen molar-refractivity contribution in [1.82, 2.24) is 9.80 Å². The minimum atomic E-state index is -0.303. The summed E-state index contributed by atoms with van der Waals surface area (Å²) in [5.74, 6) is 1.16. The normalized spacial score (nSPS) is 24.1. The smallest absolute Gasteiger partial charge is 0.233 e. The van der Waals surface area contributed by atoms with Crippen LogP contribution in [0.5, 0.6) is 5.75 Å². The van der Waals surface area contributed by atoms with Crippen molar-refractivity contribution in [3.05, 3.63) is 29.8 Å². The Morgan fingerprint density at radius 1 is 1.18 bits per heavy atom.